The SMILES string of the molecule is CC[C@@]1(OC(=O)OCc2ccc(NC(=O)[C@H](CCCCN)CC(=O)COCC(=O)CCCOCCOCCOCCOCCOCCOCCOCCOCCn3cc(CNC(=O)CCCN(C)C(=O)c4cnc(S(C)(=O)=O)nc4)nn3)cc2)C(=O)OCc2c1cc1n(c2=O)Cc2c-1nc1ccccc1c2CCN(C(C)C)S(C)(=O)=O. The Morgan fingerprint density at radius 3 is 1.93 bits per heavy atom. The number of fused-ring (bicyclic) bond motifs is 5. The molecule has 2 aromatic carbocycles. The van der Waals surface area contributed by atoms with Crippen molar-refractivity contribution in [1.29, 1.82) is 0 Å². The van der Waals surface area contributed by atoms with E-state index in [2.05, 4.69) is 30.9 Å². The zero-order valence-corrected chi connectivity index (χ0v) is 68.4. The van der Waals surface area contributed by atoms with Crippen LogP contribution in [0, 0.1) is 5.92 Å². The highest BCUT2D eigenvalue weighted by molar-refractivity contribution is 7.90. The van der Waals surface area contributed by atoms with Crippen molar-refractivity contribution < 1.29 is 107 Å². The highest BCUT2D eigenvalue weighted by atomic mass is 32.2. The van der Waals surface area contributed by atoms with Gasteiger partial charge in [-0.1, -0.05) is 48.9 Å². The number of amides is 3. The van der Waals surface area contributed by atoms with Crippen LogP contribution >= 0.6 is 0 Å². The maximum atomic E-state index is 14.4. The number of aromatic nitrogens is 7. The normalized spacial score (nSPS) is 14.1. The molecular formula is C78H108N12O24S2. The average Bonchev–Trinajstić information content (AvgIpc) is 1.51. The molecule has 0 spiro atoms. The first-order chi connectivity index (χ1) is 55.8. The van der Waals surface area contributed by atoms with Gasteiger partial charge in [0.1, 0.15) is 32.1 Å². The first-order valence-electron chi connectivity index (χ1n) is 38.7. The lowest BCUT2D eigenvalue weighted by Crippen LogP contribution is -2.47. The number of benzene rings is 2. The van der Waals surface area contributed by atoms with Crippen molar-refractivity contribution in [1.82, 2.24) is 49.0 Å². The predicted molar refractivity (Wildman–Crippen MR) is 420 cm³/mol. The van der Waals surface area contributed by atoms with Gasteiger partial charge in [0.15, 0.2) is 11.6 Å². The van der Waals surface area contributed by atoms with Gasteiger partial charge in [0, 0.05) is 98.8 Å². The molecule has 636 valence electrons. The van der Waals surface area contributed by atoms with E-state index in [1.807, 2.05) is 38.1 Å². The van der Waals surface area contributed by atoms with Crippen LogP contribution < -0.4 is 21.9 Å². The van der Waals surface area contributed by atoms with E-state index in [0.717, 1.165) is 35.2 Å². The van der Waals surface area contributed by atoms with Crippen molar-refractivity contribution in [3.8, 4) is 11.4 Å². The maximum absolute atomic E-state index is 14.4. The number of sulfonamides is 1. The lowest BCUT2D eigenvalue weighted by Gasteiger charge is -2.35. The Balaban J connectivity index is 0.594. The summed E-state index contributed by atoms with van der Waals surface area (Å²) in [7, 11) is -5.56. The Kier molecular flexibility index (Phi) is 37.8. The molecule has 2 aliphatic heterocycles. The highest BCUT2D eigenvalue weighted by Gasteiger charge is 2.51. The lowest BCUT2D eigenvalue weighted by atomic mass is 9.85. The third kappa shape index (κ3) is 29.0. The molecule has 6 aromatic rings. The van der Waals surface area contributed by atoms with Crippen molar-refractivity contribution in [2.45, 2.75) is 135 Å². The van der Waals surface area contributed by atoms with E-state index in [9.17, 15) is 55.2 Å². The van der Waals surface area contributed by atoms with E-state index in [-0.39, 0.29) is 124 Å². The third-order valence-electron chi connectivity index (χ3n) is 18.8. The van der Waals surface area contributed by atoms with E-state index in [4.69, 9.17) is 67.6 Å². The number of cyclic esters (lactones) is 1. The van der Waals surface area contributed by atoms with Gasteiger partial charge >= 0.3 is 12.1 Å². The molecule has 0 radical (unpaired) electrons. The molecule has 0 bridgehead atoms. The molecule has 0 aliphatic carbocycles. The molecule has 3 amide bonds. The zero-order valence-electron chi connectivity index (χ0n) is 66.8. The van der Waals surface area contributed by atoms with Crippen LogP contribution in [0.5, 0.6) is 0 Å². The van der Waals surface area contributed by atoms with E-state index in [0.29, 0.717) is 191 Å². The number of nitrogens with two attached hydrogens (primary N) is 1. The van der Waals surface area contributed by atoms with Crippen LogP contribution in [-0.4, -0.2) is 266 Å². The van der Waals surface area contributed by atoms with Crippen LogP contribution in [0.15, 0.2) is 83.1 Å². The number of carbonyl (C=O) groups is 7. The first kappa shape index (κ1) is 92.5. The van der Waals surface area contributed by atoms with Crippen LogP contribution in [0.25, 0.3) is 22.3 Å². The molecule has 0 saturated heterocycles. The van der Waals surface area contributed by atoms with Crippen LogP contribution in [0.1, 0.15) is 122 Å². The number of rotatable bonds is 57. The standard InChI is InChI=1S/C78H108N12O24S2/c1-7-78(67-45-69-71-65(50-89(69)74(96)66(67)54-112-75(78)97)63(64-16-8-9-17-68(64)84-71)23-26-90(55(2)3)116(6,101)102)114-77(98)113-51-56-19-21-59(22-20-56)83-72(94)57(14-10-11-24-79)44-62(92)53-111-52-61(91)15-13-28-103-30-32-105-34-36-107-38-40-109-42-43-110-41-39-108-37-35-106-33-31-104-29-27-88-49-60(85-86-88)48-80-70(93)18-12-25-87(4)73(95)58-46-81-76(82-47-58)115(5,99)100/h8-9,16-17,19-22,45-47,49,55,57H,7,10-15,18,23-44,48,50-54,79H2,1-6H3,(H,80,93)(H,83,94)/t57-,78+/m1/s1. The number of sulfone groups is 1. The number of pyridine rings is 2. The second-order valence-corrected chi connectivity index (χ2v) is 31.8. The molecule has 0 unspecified atom stereocenters. The van der Waals surface area contributed by atoms with Gasteiger partial charge in [-0.3, -0.25) is 28.8 Å². The van der Waals surface area contributed by atoms with Crippen molar-refractivity contribution >= 4 is 77.9 Å². The minimum absolute atomic E-state index is 0.113. The van der Waals surface area contributed by atoms with Gasteiger partial charge in [-0.15, -0.1) is 5.10 Å². The van der Waals surface area contributed by atoms with Gasteiger partial charge in [-0.05, 0) is 94.3 Å². The summed E-state index contributed by atoms with van der Waals surface area (Å²) in [5.41, 5.74) is 8.19. The molecule has 116 heavy (non-hydrogen) atoms. The predicted octanol–water partition coefficient (Wildman–Crippen LogP) is 4.45. The Labute approximate surface area is 674 Å². The van der Waals surface area contributed by atoms with Gasteiger partial charge in [-0.2, -0.15) is 4.31 Å². The highest BCUT2D eigenvalue weighted by Crippen LogP contribution is 2.43. The smallest absolute Gasteiger partial charge is 0.457 e. The molecule has 8 rings (SSSR count). The summed E-state index contributed by atoms with van der Waals surface area (Å²) in [5.74, 6) is -3.17. The Hall–Kier alpha value is -9.03. The maximum Gasteiger partial charge on any atom is 0.510 e. The topological polar surface area (TPSA) is 446 Å². The molecule has 2 atom stereocenters. The largest absolute Gasteiger partial charge is 0.510 e. The number of ether oxygens (including phenoxy) is 12. The molecule has 2 aliphatic rings. The summed E-state index contributed by atoms with van der Waals surface area (Å²) >= 11 is 0. The number of hydrogen-bond donors (Lipinski definition) is 3. The van der Waals surface area contributed by atoms with Gasteiger partial charge in [0.2, 0.25) is 42.4 Å². The first-order valence-corrected chi connectivity index (χ1v) is 42.5. The van der Waals surface area contributed by atoms with Crippen LogP contribution in [0.3, 0.4) is 0 Å². The number of ketones is 2. The van der Waals surface area contributed by atoms with Gasteiger partial charge in [-0.25, -0.2) is 46.1 Å². The van der Waals surface area contributed by atoms with Crippen molar-refractivity contribution in [3.05, 3.63) is 123 Å². The fraction of sp³-hybridized carbons (Fsp3) is 0.577. The van der Waals surface area contributed by atoms with Gasteiger partial charge in [0.05, 0.1) is 159 Å². The fourth-order valence-electron chi connectivity index (χ4n) is 12.8. The monoisotopic (exact) mass is 1660 g/mol. The Morgan fingerprint density at radius 2 is 1.33 bits per heavy atom. The van der Waals surface area contributed by atoms with Crippen LogP contribution in [-0.2, 0) is 146 Å². The molecule has 0 fully saturated rings. The number of esters is 1. The number of nitrogens with zero attached hydrogens (tertiary/aromatic N) is 9. The summed E-state index contributed by atoms with van der Waals surface area (Å²) in [5, 5.41) is 14.2. The van der Waals surface area contributed by atoms with Crippen LogP contribution in [0.2, 0.25) is 0 Å². The number of nitrogens with one attached hydrogen (secondary N) is 2. The summed E-state index contributed by atoms with van der Waals surface area (Å²) in [6.07, 6.45) is 7.89. The molecule has 4 N–H and O–H groups in total. The minimum atomic E-state index is -3.59. The number of hydrogen-bond acceptors (Lipinski definition) is 30. The number of unbranched alkanes of at least 4 members (excludes halogenated alkanes) is 1. The molecule has 4 aromatic heterocycles. The summed E-state index contributed by atoms with van der Waals surface area (Å²) in [4.78, 5) is 120. The Bertz CT molecular complexity index is 4510. The molecule has 36 nitrogen and oxygen atoms in total. The van der Waals surface area contributed by atoms with E-state index in [1.54, 1.807) is 59.7 Å². The zero-order chi connectivity index (χ0) is 83.5. The van der Waals surface area contributed by atoms with Crippen molar-refractivity contribution in [2.75, 3.05) is 163 Å². The quantitative estimate of drug-likeness (QED) is 0.0269. The molecule has 6 heterocycles. The Morgan fingerprint density at radius 1 is 0.716 bits per heavy atom. The number of Topliss-reactive ketones (excluding diaryl/α,β-unsaturated/α-hetero) is 2. The van der Waals surface area contributed by atoms with Crippen LogP contribution in [0.4, 0.5) is 10.5 Å². The second kappa shape index (κ2) is 47.4. The van der Waals surface area contributed by atoms with Gasteiger partial charge < -0.3 is 82.7 Å². The number of para-hydroxylation sites is 1. The minimum Gasteiger partial charge on any atom is -0.457 e. The second-order valence-electron chi connectivity index (χ2n) is 27.9. The van der Waals surface area contributed by atoms with Gasteiger partial charge in [0.25, 0.3) is 11.5 Å². The average molecular weight is 1660 g/mol. The lowest BCUT2D eigenvalue weighted by molar-refractivity contribution is -0.175. The van der Waals surface area contributed by atoms with E-state index >= 15 is 0 Å². The fourth-order valence-corrected chi connectivity index (χ4v) is 14.4. The summed E-state index contributed by atoms with van der Waals surface area (Å²) in [6, 6.07) is 15.2. The van der Waals surface area contributed by atoms with Crippen molar-refractivity contribution in [3.63, 3.8) is 0 Å². The molecular weight excluding hydrogens is 1550 g/mol. The molecule has 0 saturated carbocycles. The van der Waals surface area contributed by atoms with E-state index < -0.39 is 60.9 Å². The summed E-state index contributed by atoms with van der Waals surface area (Å²) < 4.78 is 120. The summed E-state index contributed by atoms with van der Waals surface area (Å²) in [6.45, 7) is 11.7. The number of carbonyl (C=O) groups excluding carboxylic acids is 7. The third-order valence-corrected chi connectivity index (χ3v) is 21.1. The number of anilines is 1. The van der Waals surface area contributed by atoms with E-state index in [1.165, 1.54) is 15.5 Å². The molecule has 38 heteroatoms. The van der Waals surface area contributed by atoms with Crippen molar-refractivity contribution in [2.24, 2.45) is 11.7 Å².